The second-order valence-corrected chi connectivity index (χ2v) is 5.70. The number of benzene rings is 1. The zero-order chi connectivity index (χ0) is 13.8. The van der Waals surface area contributed by atoms with Crippen molar-refractivity contribution in [3.63, 3.8) is 0 Å². The normalized spacial score (nSPS) is 20.9. The van der Waals surface area contributed by atoms with Gasteiger partial charge in [-0.1, -0.05) is 28.1 Å². The van der Waals surface area contributed by atoms with Crippen LogP contribution in [-0.4, -0.2) is 23.5 Å². The van der Waals surface area contributed by atoms with E-state index in [1.165, 1.54) is 5.56 Å². The lowest BCUT2D eigenvalue weighted by atomic mass is 10.1. The van der Waals surface area contributed by atoms with Crippen LogP contribution in [0.3, 0.4) is 0 Å². The number of carboxylic acids is 1. The lowest BCUT2D eigenvalue weighted by Gasteiger charge is -2.04. The highest BCUT2D eigenvalue weighted by molar-refractivity contribution is 9.10. The summed E-state index contributed by atoms with van der Waals surface area (Å²) < 4.78 is 1.03. The zero-order valence-corrected chi connectivity index (χ0v) is 12.0. The van der Waals surface area contributed by atoms with Crippen molar-refractivity contribution < 1.29 is 14.7 Å². The Morgan fingerprint density at radius 2 is 2.00 bits per heavy atom. The lowest BCUT2D eigenvalue weighted by molar-refractivity contribution is -0.137. The zero-order valence-electron chi connectivity index (χ0n) is 10.4. The molecule has 1 aliphatic rings. The van der Waals surface area contributed by atoms with Crippen LogP contribution in [0.15, 0.2) is 28.7 Å². The van der Waals surface area contributed by atoms with Gasteiger partial charge in [0.2, 0.25) is 5.91 Å². The van der Waals surface area contributed by atoms with Gasteiger partial charge < -0.3 is 10.4 Å². The van der Waals surface area contributed by atoms with Gasteiger partial charge in [0.25, 0.3) is 0 Å². The molecular weight excluding hydrogens is 310 g/mol. The molecule has 0 heterocycles. The predicted octanol–water partition coefficient (Wildman–Crippen LogP) is 2.53. The van der Waals surface area contributed by atoms with Crippen LogP contribution >= 0.6 is 15.9 Å². The van der Waals surface area contributed by atoms with E-state index >= 15 is 0 Å². The average molecular weight is 326 g/mol. The first-order chi connectivity index (χ1) is 9.08. The van der Waals surface area contributed by atoms with E-state index < -0.39 is 5.97 Å². The highest BCUT2D eigenvalue weighted by Crippen LogP contribution is 2.47. The van der Waals surface area contributed by atoms with Crippen molar-refractivity contribution in [1.82, 2.24) is 5.32 Å². The summed E-state index contributed by atoms with van der Waals surface area (Å²) in [6, 6.07) is 8.03. The molecule has 1 saturated carbocycles. The van der Waals surface area contributed by atoms with Crippen molar-refractivity contribution >= 4 is 27.8 Å². The number of nitrogens with one attached hydrogen (secondary N) is 1. The topological polar surface area (TPSA) is 66.4 Å². The number of rotatable bonds is 6. The van der Waals surface area contributed by atoms with Crippen LogP contribution in [0.4, 0.5) is 0 Å². The Bertz CT molecular complexity index is 472. The van der Waals surface area contributed by atoms with Gasteiger partial charge >= 0.3 is 5.97 Å². The number of halogens is 1. The Kier molecular flexibility index (Phi) is 4.58. The number of hydrogen-bond donors (Lipinski definition) is 2. The van der Waals surface area contributed by atoms with Gasteiger partial charge in [-0.3, -0.25) is 9.59 Å². The average Bonchev–Trinajstić information content (AvgIpc) is 3.15. The van der Waals surface area contributed by atoms with Crippen LogP contribution in [-0.2, 0) is 9.59 Å². The minimum Gasteiger partial charge on any atom is -0.481 e. The van der Waals surface area contributed by atoms with Crippen LogP contribution in [0.5, 0.6) is 0 Å². The van der Waals surface area contributed by atoms with E-state index in [1.807, 2.05) is 24.3 Å². The summed E-state index contributed by atoms with van der Waals surface area (Å²) in [5.41, 5.74) is 1.19. The molecule has 0 aromatic heterocycles. The minimum atomic E-state index is -0.826. The molecule has 1 fully saturated rings. The quantitative estimate of drug-likeness (QED) is 0.790. The number of hydrogen-bond acceptors (Lipinski definition) is 2. The maximum absolute atomic E-state index is 11.8. The summed E-state index contributed by atoms with van der Waals surface area (Å²) in [5.74, 6) is -0.426. The van der Waals surface area contributed by atoms with E-state index in [4.69, 9.17) is 5.11 Å². The summed E-state index contributed by atoms with van der Waals surface area (Å²) in [6.07, 6.45) is 1.46. The van der Waals surface area contributed by atoms with Crippen molar-refractivity contribution in [3.8, 4) is 0 Å². The molecular formula is C14H16BrNO3. The maximum Gasteiger partial charge on any atom is 0.303 e. The van der Waals surface area contributed by atoms with E-state index in [1.54, 1.807) is 0 Å². The third-order valence-electron chi connectivity index (χ3n) is 3.29. The Morgan fingerprint density at radius 3 is 2.63 bits per heavy atom. The van der Waals surface area contributed by atoms with E-state index in [0.717, 1.165) is 10.9 Å². The van der Waals surface area contributed by atoms with E-state index in [9.17, 15) is 9.59 Å². The molecule has 2 unspecified atom stereocenters. The summed E-state index contributed by atoms with van der Waals surface area (Å²) in [6.45, 7) is 0.439. The SMILES string of the molecule is O=C(O)CCCNC(=O)C1CC1c1ccc(Br)cc1. The molecule has 0 bridgehead atoms. The Balaban J connectivity index is 1.74. The first-order valence-corrected chi connectivity index (χ1v) is 7.12. The molecule has 1 aromatic rings. The second-order valence-electron chi connectivity index (χ2n) is 4.79. The third kappa shape index (κ3) is 4.06. The molecule has 0 radical (unpaired) electrons. The molecule has 0 spiro atoms. The van der Waals surface area contributed by atoms with Gasteiger partial charge in [-0.15, -0.1) is 0 Å². The van der Waals surface area contributed by atoms with Crippen molar-refractivity contribution in [3.05, 3.63) is 34.3 Å². The van der Waals surface area contributed by atoms with Gasteiger partial charge in [-0.05, 0) is 36.5 Å². The fourth-order valence-corrected chi connectivity index (χ4v) is 2.41. The Hall–Kier alpha value is -1.36. The smallest absolute Gasteiger partial charge is 0.303 e. The van der Waals surface area contributed by atoms with Gasteiger partial charge in [0.15, 0.2) is 0 Å². The van der Waals surface area contributed by atoms with E-state index in [-0.39, 0.29) is 18.2 Å². The van der Waals surface area contributed by atoms with E-state index in [0.29, 0.717) is 18.9 Å². The number of aliphatic carboxylic acids is 1. The molecule has 2 N–H and O–H groups in total. The van der Waals surface area contributed by atoms with Crippen LogP contribution < -0.4 is 5.32 Å². The molecule has 2 rings (SSSR count). The Labute approximate surface area is 120 Å². The van der Waals surface area contributed by atoms with Gasteiger partial charge in [0, 0.05) is 23.4 Å². The third-order valence-corrected chi connectivity index (χ3v) is 3.82. The van der Waals surface area contributed by atoms with Crippen LogP contribution in [0.25, 0.3) is 0 Å². The molecule has 4 nitrogen and oxygen atoms in total. The van der Waals surface area contributed by atoms with Gasteiger partial charge in [-0.2, -0.15) is 0 Å². The summed E-state index contributed by atoms with van der Waals surface area (Å²) in [7, 11) is 0. The van der Waals surface area contributed by atoms with Gasteiger partial charge in [0.1, 0.15) is 0 Å². The molecule has 0 saturated heterocycles. The highest BCUT2D eigenvalue weighted by Gasteiger charge is 2.43. The first-order valence-electron chi connectivity index (χ1n) is 6.33. The van der Waals surface area contributed by atoms with Crippen molar-refractivity contribution in [2.75, 3.05) is 6.54 Å². The van der Waals surface area contributed by atoms with Crippen LogP contribution in [0.2, 0.25) is 0 Å². The van der Waals surface area contributed by atoms with Gasteiger partial charge in [-0.25, -0.2) is 0 Å². The highest BCUT2D eigenvalue weighted by atomic mass is 79.9. The predicted molar refractivity (Wildman–Crippen MR) is 74.9 cm³/mol. The minimum absolute atomic E-state index is 0.0401. The molecule has 5 heteroatoms. The number of carboxylic acid groups (broad SMARTS) is 1. The summed E-state index contributed by atoms with van der Waals surface area (Å²) >= 11 is 3.39. The largest absolute Gasteiger partial charge is 0.481 e. The second kappa shape index (κ2) is 6.19. The lowest BCUT2D eigenvalue weighted by Crippen LogP contribution is -2.26. The molecule has 1 aromatic carbocycles. The Morgan fingerprint density at radius 1 is 1.32 bits per heavy atom. The van der Waals surface area contributed by atoms with Gasteiger partial charge in [0.05, 0.1) is 0 Å². The molecule has 2 atom stereocenters. The van der Waals surface area contributed by atoms with Crippen molar-refractivity contribution in [1.29, 1.82) is 0 Å². The number of carbonyl (C=O) groups is 2. The fraction of sp³-hybridized carbons (Fsp3) is 0.429. The van der Waals surface area contributed by atoms with Crippen molar-refractivity contribution in [2.24, 2.45) is 5.92 Å². The molecule has 0 aliphatic heterocycles. The van der Waals surface area contributed by atoms with Crippen molar-refractivity contribution in [2.45, 2.75) is 25.2 Å². The van der Waals surface area contributed by atoms with E-state index in [2.05, 4.69) is 21.2 Å². The molecule has 1 aliphatic carbocycles. The molecule has 1 amide bonds. The summed E-state index contributed by atoms with van der Waals surface area (Å²) in [5, 5.41) is 11.3. The summed E-state index contributed by atoms with van der Waals surface area (Å²) in [4.78, 5) is 22.2. The number of carbonyl (C=O) groups excluding carboxylic acids is 1. The first kappa shape index (κ1) is 14.1. The fourth-order valence-electron chi connectivity index (χ4n) is 2.15. The van der Waals surface area contributed by atoms with Crippen LogP contribution in [0.1, 0.15) is 30.7 Å². The molecule has 102 valence electrons. The molecule has 19 heavy (non-hydrogen) atoms. The van der Waals surface area contributed by atoms with Crippen LogP contribution in [0, 0.1) is 5.92 Å². The standard InChI is InChI=1S/C14H16BrNO3/c15-10-5-3-9(4-6-10)11-8-12(11)14(19)16-7-1-2-13(17)18/h3-6,11-12H,1-2,7-8H2,(H,16,19)(H,17,18). The monoisotopic (exact) mass is 325 g/mol. The maximum atomic E-state index is 11.8. The number of amides is 1.